The second kappa shape index (κ2) is 8.34. The first-order valence-corrected chi connectivity index (χ1v) is 9.51. The van der Waals surface area contributed by atoms with Crippen molar-refractivity contribution in [2.24, 2.45) is 10.2 Å². The van der Waals surface area contributed by atoms with Crippen molar-refractivity contribution in [3.05, 3.63) is 72.8 Å². The van der Waals surface area contributed by atoms with Crippen LogP contribution in [0.4, 0.5) is 11.4 Å². The van der Waals surface area contributed by atoms with Crippen LogP contribution in [0.2, 0.25) is 0 Å². The van der Waals surface area contributed by atoms with Crippen LogP contribution in [0.15, 0.2) is 87.9 Å². The molecule has 28 heavy (non-hydrogen) atoms. The molecule has 0 aliphatic rings. The van der Waals surface area contributed by atoms with E-state index < -0.39 is 10.1 Å². The van der Waals surface area contributed by atoms with Crippen LogP contribution in [-0.2, 0) is 10.1 Å². The predicted molar refractivity (Wildman–Crippen MR) is 109 cm³/mol. The van der Waals surface area contributed by atoms with Crippen molar-refractivity contribution < 1.29 is 18.1 Å². The number of nitrogens with zero attached hydrogens (tertiary/aromatic N) is 2. The Bertz CT molecular complexity index is 1320. The number of aromatic hydroxyl groups is 1. The van der Waals surface area contributed by atoms with Crippen LogP contribution in [0.5, 0.6) is 5.75 Å². The van der Waals surface area contributed by atoms with Gasteiger partial charge in [-0.3, -0.25) is 4.55 Å². The topological polar surface area (TPSA) is 99.3 Å². The summed E-state index contributed by atoms with van der Waals surface area (Å²) < 4.78 is 33.1. The van der Waals surface area contributed by atoms with Crippen LogP contribution >= 0.6 is 0 Å². The zero-order chi connectivity index (χ0) is 19.0. The van der Waals surface area contributed by atoms with Crippen molar-refractivity contribution in [2.75, 3.05) is 0 Å². The van der Waals surface area contributed by atoms with Crippen molar-refractivity contribution >= 4 is 91.9 Å². The summed E-state index contributed by atoms with van der Waals surface area (Å²) in [5, 5.41) is 21.0. The van der Waals surface area contributed by atoms with Crippen LogP contribution in [-0.4, -0.2) is 67.0 Å². The maximum Gasteiger partial charge on any atom is 0.296 e. The normalized spacial score (nSPS) is 11.8. The molecule has 0 unspecified atom stereocenters. The second-order valence-electron chi connectivity index (χ2n) is 5.96. The van der Waals surface area contributed by atoms with Gasteiger partial charge in [-0.15, -0.1) is 10.2 Å². The maximum absolute atomic E-state index is 11.8. The number of phenols is 1. The van der Waals surface area contributed by atoms with Gasteiger partial charge in [0.05, 0.1) is 5.69 Å². The summed E-state index contributed by atoms with van der Waals surface area (Å²) in [4.78, 5) is -0.312. The molecule has 4 rings (SSSR count). The largest absolute Gasteiger partial charge is 0.507 e. The molecule has 8 heteroatoms. The fourth-order valence-electron chi connectivity index (χ4n) is 3.00. The third-order valence-electron chi connectivity index (χ3n) is 4.28. The van der Waals surface area contributed by atoms with Gasteiger partial charge in [0.1, 0.15) is 16.3 Å². The van der Waals surface area contributed by atoms with Crippen LogP contribution in [0.3, 0.4) is 0 Å². The number of fused-ring (bicyclic) bond motifs is 2. The number of hydrogen-bond donors (Lipinski definition) is 2. The van der Waals surface area contributed by atoms with E-state index in [1.165, 1.54) is 12.1 Å². The molecule has 0 atom stereocenters. The predicted octanol–water partition coefficient (Wildman–Crippen LogP) is 4.98. The van der Waals surface area contributed by atoms with Crippen LogP contribution in [0.25, 0.3) is 21.5 Å². The Labute approximate surface area is 201 Å². The number of rotatable bonds is 3. The molecule has 0 fully saturated rings. The molecule has 2 radical (unpaired) electrons. The molecule has 2 N–H and O–H groups in total. The Balaban J connectivity index is 0.00000225. The number of azo groups is 1. The average Bonchev–Trinajstić information content (AvgIpc) is 2.66. The van der Waals surface area contributed by atoms with E-state index in [4.69, 9.17) is 0 Å². The molecule has 4 aromatic rings. The van der Waals surface area contributed by atoms with Gasteiger partial charge in [0, 0.05) is 65.0 Å². The fraction of sp³-hybridized carbons (Fsp3) is 0. The zero-order valence-corrected chi connectivity index (χ0v) is 19.9. The van der Waals surface area contributed by atoms with E-state index in [9.17, 15) is 18.1 Å². The quantitative estimate of drug-likeness (QED) is 0.228. The third-order valence-corrected chi connectivity index (χ3v) is 5.16. The average molecular weight is 516 g/mol. The van der Waals surface area contributed by atoms with Gasteiger partial charge in [0.15, 0.2) is 0 Å². The zero-order valence-electron chi connectivity index (χ0n) is 14.6. The van der Waals surface area contributed by atoms with E-state index in [2.05, 4.69) is 10.2 Å². The van der Waals surface area contributed by atoms with E-state index in [1.54, 1.807) is 42.5 Å². The molecule has 0 saturated carbocycles. The van der Waals surface area contributed by atoms with Gasteiger partial charge in [0.2, 0.25) is 0 Å². The Hall–Kier alpha value is -1.72. The third kappa shape index (κ3) is 4.01. The van der Waals surface area contributed by atoms with Gasteiger partial charge in [-0.2, -0.15) is 8.42 Å². The molecular weight excluding hydrogens is 502 g/mol. The molecule has 4 aromatic carbocycles. The molecule has 0 spiro atoms. The fourth-order valence-corrected chi connectivity index (χ4v) is 3.64. The van der Waals surface area contributed by atoms with E-state index in [-0.39, 0.29) is 65.2 Å². The van der Waals surface area contributed by atoms with Crippen molar-refractivity contribution in [1.29, 1.82) is 0 Å². The molecule has 0 heterocycles. The van der Waals surface area contributed by atoms with E-state index in [1.807, 2.05) is 18.2 Å². The van der Waals surface area contributed by atoms with E-state index >= 15 is 0 Å². The number of benzene rings is 4. The van der Waals surface area contributed by atoms with Gasteiger partial charge < -0.3 is 5.11 Å². The summed E-state index contributed by atoms with van der Waals surface area (Å²) in [6.45, 7) is 0. The summed E-state index contributed by atoms with van der Waals surface area (Å²) in [6, 6.07) is 20.3. The summed E-state index contributed by atoms with van der Waals surface area (Å²) in [7, 11) is -4.47. The SMILES string of the molecule is O=S(=O)(O)c1ccc2ccccc2c1N=Nc1ccc(O)c2ccccc12.[Ba]. The molecule has 6 nitrogen and oxygen atoms in total. The van der Waals surface area contributed by atoms with Gasteiger partial charge in [-0.05, 0) is 23.6 Å². The van der Waals surface area contributed by atoms with Crippen LogP contribution in [0.1, 0.15) is 0 Å². The maximum atomic E-state index is 11.8. The Morgan fingerprint density at radius 3 is 2.07 bits per heavy atom. The smallest absolute Gasteiger partial charge is 0.296 e. The molecular formula is C20H14BaN2O4S. The monoisotopic (exact) mass is 516 g/mol. The molecule has 136 valence electrons. The molecule has 0 aliphatic heterocycles. The van der Waals surface area contributed by atoms with Crippen LogP contribution in [0, 0.1) is 0 Å². The van der Waals surface area contributed by atoms with Crippen molar-refractivity contribution in [1.82, 2.24) is 0 Å². The summed E-state index contributed by atoms with van der Waals surface area (Å²) in [5.74, 6) is 0.119. The van der Waals surface area contributed by atoms with Crippen molar-refractivity contribution in [3.63, 3.8) is 0 Å². The Kier molecular flexibility index (Phi) is 6.25. The first-order chi connectivity index (χ1) is 12.9. The van der Waals surface area contributed by atoms with Crippen molar-refractivity contribution in [2.45, 2.75) is 4.90 Å². The Morgan fingerprint density at radius 1 is 0.714 bits per heavy atom. The van der Waals surface area contributed by atoms with Gasteiger partial charge in [-0.25, -0.2) is 0 Å². The van der Waals surface area contributed by atoms with Gasteiger partial charge in [-0.1, -0.05) is 54.6 Å². The molecule has 0 amide bonds. The van der Waals surface area contributed by atoms with Gasteiger partial charge >= 0.3 is 0 Å². The molecule has 0 aromatic heterocycles. The summed E-state index contributed by atoms with van der Waals surface area (Å²) >= 11 is 0. The minimum Gasteiger partial charge on any atom is -0.507 e. The first kappa shape index (κ1) is 21.0. The molecule has 0 bridgehead atoms. The van der Waals surface area contributed by atoms with E-state index in [0.717, 1.165) is 5.39 Å². The summed E-state index contributed by atoms with van der Waals surface area (Å²) in [6.07, 6.45) is 0. The number of phenolic OH excluding ortho intramolecular Hbond substituents is 1. The number of hydrogen-bond acceptors (Lipinski definition) is 5. The first-order valence-electron chi connectivity index (χ1n) is 8.07. The van der Waals surface area contributed by atoms with Crippen molar-refractivity contribution in [3.8, 4) is 5.75 Å². The summed E-state index contributed by atoms with van der Waals surface area (Å²) in [5.41, 5.74) is 0.533. The van der Waals surface area contributed by atoms with E-state index in [0.29, 0.717) is 21.8 Å². The van der Waals surface area contributed by atoms with Crippen LogP contribution < -0.4 is 0 Å². The molecule has 0 aliphatic carbocycles. The second-order valence-corrected chi connectivity index (χ2v) is 7.35. The minimum atomic E-state index is -4.47. The van der Waals surface area contributed by atoms with Gasteiger partial charge in [0.25, 0.3) is 10.1 Å². The molecule has 0 saturated heterocycles. The Morgan fingerprint density at radius 2 is 1.36 bits per heavy atom. The minimum absolute atomic E-state index is 0. The standard InChI is InChI=1S/C20H14N2O4S.Ba/c23-18-11-10-17(15-7-3-4-8-16(15)18)21-22-20-14-6-2-1-5-13(14)9-12-19(20)27(24,25)26;/h1-12,23H,(H,24,25,26);.